The number of amides is 1. The van der Waals surface area contributed by atoms with Gasteiger partial charge < -0.3 is 29.7 Å². The van der Waals surface area contributed by atoms with E-state index in [0.29, 0.717) is 29.6 Å². The van der Waals surface area contributed by atoms with Gasteiger partial charge in [0.2, 0.25) is 12.7 Å². The molecule has 29 heavy (non-hydrogen) atoms. The lowest BCUT2D eigenvalue weighted by Gasteiger charge is -2.15. The van der Waals surface area contributed by atoms with Crippen molar-refractivity contribution in [1.29, 1.82) is 0 Å². The lowest BCUT2D eigenvalue weighted by atomic mass is 10.1. The summed E-state index contributed by atoms with van der Waals surface area (Å²) in [6.45, 7) is -2.22. The standard InChI is InChI=1S/C17H24F2N4O4S.HI/c1-23(2)15(24)9-22-17(20-4-5-28-3)21-8-11-6-13-14(26-10-25-13)7-12(11)27-16(18)19;/h6-7,16H,4-5,8-10H2,1-3H3,(H2,20,21,22);1H. The van der Waals surface area contributed by atoms with Crippen molar-refractivity contribution in [2.24, 2.45) is 4.99 Å². The van der Waals surface area contributed by atoms with Crippen molar-refractivity contribution < 1.29 is 27.8 Å². The summed E-state index contributed by atoms with van der Waals surface area (Å²) in [5, 5.41) is 6.04. The highest BCUT2D eigenvalue weighted by atomic mass is 127. The maximum Gasteiger partial charge on any atom is 0.387 e. The highest BCUT2D eigenvalue weighted by Gasteiger charge is 2.20. The second kappa shape index (κ2) is 12.8. The van der Waals surface area contributed by atoms with Gasteiger partial charge in [-0.3, -0.25) is 4.79 Å². The molecular formula is C17H25F2IN4O4S. The number of likely N-dealkylation sites (N-methyl/N-ethyl adjacent to an activating group) is 1. The van der Waals surface area contributed by atoms with Crippen LogP contribution in [0.4, 0.5) is 8.78 Å². The van der Waals surface area contributed by atoms with E-state index in [2.05, 4.69) is 20.4 Å². The fourth-order valence-corrected chi connectivity index (χ4v) is 2.53. The van der Waals surface area contributed by atoms with Crippen LogP contribution < -0.4 is 24.8 Å². The zero-order valence-corrected chi connectivity index (χ0v) is 19.5. The lowest BCUT2D eigenvalue weighted by Crippen LogP contribution is -2.43. The van der Waals surface area contributed by atoms with Gasteiger partial charge >= 0.3 is 6.61 Å². The molecule has 0 aliphatic carbocycles. The summed E-state index contributed by atoms with van der Waals surface area (Å²) in [6, 6.07) is 2.93. The molecule has 0 atom stereocenters. The van der Waals surface area contributed by atoms with Crippen LogP contribution in [-0.2, 0) is 11.3 Å². The summed E-state index contributed by atoms with van der Waals surface area (Å²) in [6.07, 6.45) is 1.97. The minimum atomic E-state index is -2.97. The average Bonchev–Trinajstić information content (AvgIpc) is 3.09. The Morgan fingerprint density at radius 1 is 1.31 bits per heavy atom. The minimum Gasteiger partial charge on any atom is -0.454 e. The van der Waals surface area contributed by atoms with Gasteiger partial charge in [-0.1, -0.05) is 0 Å². The molecule has 12 heteroatoms. The number of thioether (sulfide) groups is 1. The number of hydrogen-bond acceptors (Lipinski definition) is 6. The van der Waals surface area contributed by atoms with Crippen LogP contribution >= 0.6 is 35.7 Å². The van der Waals surface area contributed by atoms with Gasteiger partial charge in [0.15, 0.2) is 17.5 Å². The molecule has 1 aromatic carbocycles. The van der Waals surface area contributed by atoms with Crippen LogP contribution in [0.25, 0.3) is 0 Å². The van der Waals surface area contributed by atoms with Crippen LogP contribution in [0, 0.1) is 0 Å². The number of nitrogens with one attached hydrogen (secondary N) is 2. The number of rotatable bonds is 9. The summed E-state index contributed by atoms with van der Waals surface area (Å²) < 4.78 is 40.6. The zero-order valence-electron chi connectivity index (χ0n) is 16.4. The van der Waals surface area contributed by atoms with Crippen LogP contribution in [-0.4, -0.2) is 69.4 Å². The fraction of sp³-hybridized carbons (Fsp3) is 0.529. The molecule has 2 N–H and O–H groups in total. The molecule has 0 spiro atoms. The Hall–Kier alpha value is -1.70. The van der Waals surface area contributed by atoms with E-state index in [9.17, 15) is 13.6 Å². The maximum absolute atomic E-state index is 12.7. The van der Waals surface area contributed by atoms with Gasteiger partial charge in [-0.25, -0.2) is 4.99 Å². The van der Waals surface area contributed by atoms with Crippen LogP contribution in [0.15, 0.2) is 17.1 Å². The van der Waals surface area contributed by atoms with E-state index in [1.54, 1.807) is 31.9 Å². The Kier molecular flexibility index (Phi) is 11.2. The number of carbonyl (C=O) groups is 1. The smallest absolute Gasteiger partial charge is 0.387 e. The number of fused-ring (bicyclic) bond motifs is 1. The van der Waals surface area contributed by atoms with Gasteiger partial charge in [-0.15, -0.1) is 24.0 Å². The van der Waals surface area contributed by atoms with Gasteiger partial charge in [0.1, 0.15) is 5.75 Å². The van der Waals surface area contributed by atoms with Gasteiger partial charge in [0.25, 0.3) is 0 Å². The highest BCUT2D eigenvalue weighted by Crippen LogP contribution is 2.38. The Morgan fingerprint density at radius 3 is 2.62 bits per heavy atom. The van der Waals surface area contributed by atoms with Crippen molar-refractivity contribution in [2.45, 2.75) is 13.2 Å². The maximum atomic E-state index is 12.7. The Labute approximate surface area is 189 Å². The molecule has 1 aromatic rings. The Bertz CT molecular complexity index is 710. The average molecular weight is 546 g/mol. The first kappa shape index (κ1) is 25.3. The van der Waals surface area contributed by atoms with E-state index in [-0.39, 0.29) is 55.5 Å². The third-order valence-corrected chi connectivity index (χ3v) is 4.30. The quantitative estimate of drug-likeness (QED) is 0.213. The molecule has 1 amide bonds. The molecule has 0 saturated carbocycles. The number of aliphatic imine (C=N–C) groups is 1. The largest absolute Gasteiger partial charge is 0.454 e. The molecule has 0 radical (unpaired) electrons. The summed E-state index contributed by atoms with van der Waals surface area (Å²) in [5.74, 6) is 1.87. The molecule has 0 saturated heterocycles. The second-order valence-corrected chi connectivity index (χ2v) is 6.90. The normalized spacial score (nSPS) is 12.4. The fourth-order valence-electron chi connectivity index (χ4n) is 2.22. The van der Waals surface area contributed by atoms with Gasteiger partial charge in [0.05, 0.1) is 13.1 Å². The van der Waals surface area contributed by atoms with Crippen molar-refractivity contribution in [2.75, 3.05) is 46.0 Å². The van der Waals surface area contributed by atoms with Gasteiger partial charge in [-0.05, 0) is 12.3 Å². The Morgan fingerprint density at radius 2 is 2.00 bits per heavy atom. The lowest BCUT2D eigenvalue weighted by molar-refractivity contribution is -0.127. The van der Waals surface area contributed by atoms with Crippen molar-refractivity contribution in [3.63, 3.8) is 0 Å². The number of carbonyl (C=O) groups excluding carboxylic acids is 1. The summed E-state index contributed by atoms with van der Waals surface area (Å²) >= 11 is 1.66. The Balaban J connectivity index is 0.00000420. The molecule has 1 aliphatic rings. The van der Waals surface area contributed by atoms with Crippen molar-refractivity contribution in [3.05, 3.63) is 17.7 Å². The van der Waals surface area contributed by atoms with E-state index in [1.807, 2.05) is 6.26 Å². The predicted octanol–water partition coefficient (Wildman–Crippen LogP) is 2.12. The number of benzene rings is 1. The number of nitrogens with zero attached hydrogens (tertiary/aromatic N) is 2. The summed E-state index contributed by atoms with van der Waals surface area (Å²) in [5.41, 5.74) is 0.412. The SMILES string of the molecule is CSCCNC(=NCc1cc2c(cc1OC(F)F)OCO2)NCC(=O)N(C)C.I. The molecule has 0 fully saturated rings. The van der Waals surface area contributed by atoms with Crippen molar-refractivity contribution >= 4 is 47.6 Å². The highest BCUT2D eigenvalue weighted by molar-refractivity contribution is 14.0. The van der Waals surface area contributed by atoms with Crippen LogP contribution in [0.3, 0.4) is 0 Å². The molecular weight excluding hydrogens is 521 g/mol. The van der Waals surface area contributed by atoms with E-state index in [1.165, 1.54) is 11.0 Å². The van der Waals surface area contributed by atoms with Gasteiger partial charge in [0, 0.05) is 38.0 Å². The molecule has 0 unspecified atom stereocenters. The van der Waals surface area contributed by atoms with E-state index >= 15 is 0 Å². The van der Waals surface area contributed by atoms with Crippen molar-refractivity contribution in [3.8, 4) is 17.2 Å². The molecule has 2 rings (SSSR count). The predicted molar refractivity (Wildman–Crippen MR) is 119 cm³/mol. The van der Waals surface area contributed by atoms with E-state index < -0.39 is 6.61 Å². The van der Waals surface area contributed by atoms with Gasteiger partial charge in [-0.2, -0.15) is 20.5 Å². The zero-order chi connectivity index (χ0) is 20.5. The topological polar surface area (TPSA) is 84.4 Å². The number of ether oxygens (including phenoxy) is 3. The number of halogens is 3. The number of guanidine groups is 1. The minimum absolute atomic E-state index is 0. The van der Waals surface area contributed by atoms with Crippen LogP contribution in [0.2, 0.25) is 0 Å². The third kappa shape index (κ3) is 8.28. The molecule has 1 heterocycles. The molecule has 1 aliphatic heterocycles. The third-order valence-electron chi connectivity index (χ3n) is 3.68. The molecule has 164 valence electrons. The first-order valence-corrected chi connectivity index (χ1v) is 9.88. The van der Waals surface area contributed by atoms with Crippen LogP contribution in [0.5, 0.6) is 17.2 Å². The first-order valence-electron chi connectivity index (χ1n) is 8.49. The summed E-state index contributed by atoms with van der Waals surface area (Å²) in [7, 11) is 3.31. The molecule has 8 nitrogen and oxygen atoms in total. The van der Waals surface area contributed by atoms with Crippen molar-refractivity contribution in [1.82, 2.24) is 15.5 Å². The monoisotopic (exact) mass is 546 g/mol. The summed E-state index contributed by atoms with van der Waals surface area (Å²) in [4.78, 5) is 17.6. The number of alkyl halides is 2. The van der Waals surface area contributed by atoms with E-state index in [4.69, 9.17) is 9.47 Å². The molecule has 0 aromatic heterocycles. The van der Waals surface area contributed by atoms with E-state index in [0.717, 1.165) is 5.75 Å². The second-order valence-electron chi connectivity index (χ2n) is 5.92. The van der Waals surface area contributed by atoms with Crippen LogP contribution in [0.1, 0.15) is 5.56 Å². The first-order chi connectivity index (χ1) is 13.4. The molecule has 0 bridgehead atoms. The number of hydrogen-bond donors (Lipinski definition) is 2.